The normalized spacial score (nSPS) is 18.5. The van der Waals surface area contributed by atoms with Gasteiger partial charge in [-0.1, -0.05) is 18.2 Å². The molecule has 1 heterocycles. The Balaban J connectivity index is 1.93. The summed E-state index contributed by atoms with van der Waals surface area (Å²) in [5.74, 6) is 0.739. The highest BCUT2D eigenvalue weighted by atomic mass is 19.4. The molecule has 0 bridgehead atoms. The lowest BCUT2D eigenvalue weighted by atomic mass is 10.1. The number of hydrogen-bond acceptors (Lipinski definition) is 3. The molecule has 0 spiro atoms. The van der Waals surface area contributed by atoms with Gasteiger partial charge in [0.1, 0.15) is 11.9 Å². The van der Waals surface area contributed by atoms with Crippen LogP contribution < -0.4 is 4.74 Å². The van der Waals surface area contributed by atoms with Gasteiger partial charge in [0.15, 0.2) is 0 Å². The predicted molar refractivity (Wildman–Crippen MR) is 64.1 cm³/mol. The van der Waals surface area contributed by atoms with Crippen LogP contribution in [0.1, 0.15) is 5.56 Å². The van der Waals surface area contributed by atoms with Crippen molar-refractivity contribution in [3.05, 3.63) is 29.8 Å². The van der Waals surface area contributed by atoms with Gasteiger partial charge in [0.2, 0.25) is 0 Å². The van der Waals surface area contributed by atoms with Crippen LogP contribution in [0.3, 0.4) is 0 Å². The number of rotatable bonds is 5. The molecule has 0 fully saturated rings. The summed E-state index contributed by atoms with van der Waals surface area (Å²) in [6.07, 6.45) is -3.94. The molecular weight excluding hydrogens is 259 g/mol. The first-order chi connectivity index (χ1) is 8.98. The van der Waals surface area contributed by atoms with Crippen molar-refractivity contribution in [2.75, 3.05) is 26.2 Å². The molecule has 2 rings (SSSR count). The van der Waals surface area contributed by atoms with Gasteiger partial charge in [-0.25, -0.2) is 0 Å². The summed E-state index contributed by atoms with van der Waals surface area (Å²) in [7, 11) is 0. The van der Waals surface area contributed by atoms with Crippen molar-refractivity contribution in [3.8, 4) is 5.75 Å². The Kier molecular flexibility index (Phi) is 4.31. The number of benzene rings is 1. The Morgan fingerprint density at radius 2 is 2.05 bits per heavy atom. The third-order valence-electron chi connectivity index (χ3n) is 2.99. The number of aliphatic hydroxyl groups excluding tert-OH is 1. The van der Waals surface area contributed by atoms with Crippen molar-refractivity contribution < 1.29 is 23.0 Å². The Hall–Kier alpha value is -1.27. The van der Waals surface area contributed by atoms with Crippen LogP contribution in [0.4, 0.5) is 13.2 Å². The van der Waals surface area contributed by atoms with Crippen molar-refractivity contribution >= 4 is 0 Å². The molecule has 1 N–H and O–H groups in total. The highest BCUT2D eigenvalue weighted by Crippen LogP contribution is 2.28. The van der Waals surface area contributed by atoms with Crippen molar-refractivity contribution in [1.29, 1.82) is 0 Å². The molecule has 1 atom stereocenters. The van der Waals surface area contributed by atoms with Crippen molar-refractivity contribution in [3.63, 3.8) is 0 Å². The standard InChI is InChI=1S/C13H16F3NO2/c14-13(15,16)9-17(5-6-18)8-11-7-10-3-1-2-4-12(10)19-11/h1-4,11,18H,5-9H2. The lowest BCUT2D eigenvalue weighted by Crippen LogP contribution is -2.42. The minimum atomic E-state index is -4.26. The molecule has 0 aromatic heterocycles. The van der Waals surface area contributed by atoms with E-state index in [0.29, 0.717) is 6.42 Å². The number of hydrogen-bond donors (Lipinski definition) is 1. The Labute approximate surface area is 109 Å². The van der Waals surface area contributed by atoms with Gasteiger partial charge in [0.05, 0.1) is 13.2 Å². The first kappa shape index (κ1) is 14.1. The van der Waals surface area contributed by atoms with Crippen molar-refractivity contribution in [1.82, 2.24) is 4.90 Å². The van der Waals surface area contributed by atoms with Crippen LogP contribution in [0, 0.1) is 0 Å². The van der Waals surface area contributed by atoms with E-state index in [0.717, 1.165) is 11.3 Å². The topological polar surface area (TPSA) is 32.7 Å². The summed E-state index contributed by atoms with van der Waals surface area (Å²) in [6, 6.07) is 7.44. The maximum Gasteiger partial charge on any atom is 0.401 e. The number of nitrogens with zero attached hydrogens (tertiary/aromatic N) is 1. The second-order valence-electron chi connectivity index (χ2n) is 4.63. The Morgan fingerprint density at radius 1 is 1.32 bits per heavy atom. The van der Waals surface area contributed by atoms with Gasteiger partial charge in [0.25, 0.3) is 0 Å². The van der Waals surface area contributed by atoms with Gasteiger partial charge >= 0.3 is 6.18 Å². The average Bonchev–Trinajstić information content (AvgIpc) is 2.69. The molecule has 1 aliphatic heterocycles. The summed E-state index contributed by atoms with van der Waals surface area (Å²) >= 11 is 0. The SMILES string of the molecule is OCCN(CC1Cc2ccccc2O1)CC(F)(F)F. The summed E-state index contributed by atoms with van der Waals surface area (Å²) in [6.45, 7) is -1.16. The summed E-state index contributed by atoms with van der Waals surface area (Å²) in [5, 5.41) is 8.83. The molecule has 19 heavy (non-hydrogen) atoms. The maximum absolute atomic E-state index is 12.4. The molecule has 1 aromatic carbocycles. The quantitative estimate of drug-likeness (QED) is 0.890. The van der Waals surface area contributed by atoms with E-state index in [-0.39, 0.29) is 25.8 Å². The van der Waals surface area contributed by atoms with Crippen LogP contribution in [0.25, 0.3) is 0 Å². The number of alkyl halides is 3. The Bertz CT molecular complexity index is 398. The van der Waals surface area contributed by atoms with Crippen molar-refractivity contribution in [2.45, 2.75) is 18.7 Å². The van der Waals surface area contributed by atoms with E-state index in [2.05, 4.69) is 0 Å². The van der Waals surface area contributed by atoms with Gasteiger partial charge in [-0.05, 0) is 11.6 Å². The molecule has 0 saturated carbocycles. The van der Waals surface area contributed by atoms with E-state index in [1.165, 1.54) is 4.90 Å². The molecule has 0 saturated heterocycles. The van der Waals surface area contributed by atoms with Gasteiger partial charge in [-0.3, -0.25) is 4.90 Å². The number of fused-ring (bicyclic) bond motifs is 1. The number of ether oxygens (including phenoxy) is 1. The third kappa shape index (κ3) is 4.11. The smallest absolute Gasteiger partial charge is 0.401 e. The Morgan fingerprint density at radius 3 is 2.68 bits per heavy atom. The number of para-hydroxylation sites is 1. The van der Waals surface area contributed by atoms with Crippen LogP contribution in [-0.2, 0) is 6.42 Å². The summed E-state index contributed by atoms with van der Waals surface area (Å²) in [4.78, 5) is 1.18. The molecule has 0 aliphatic carbocycles. The molecule has 1 unspecified atom stereocenters. The fraction of sp³-hybridized carbons (Fsp3) is 0.538. The molecule has 106 valence electrons. The zero-order valence-electron chi connectivity index (χ0n) is 10.4. The average molecular weight is 275 g/mol. The van der Waals surface area contributed by atoms with E-state index in [1.807, 2.05) is 24.3 Å². The van der Waals surface area contributed by atoms with Crippen molar-refractivity contribution in [2.24, 2.45) is 0 Å². The first-order valence-electron chi connectivity index (χ1n) is 6.12. The molecule has 0 radical (unpaired) electrons. The van der Waals surface area contributed by atoms with Crippen LogP contribution in [0.2, 0.25) is 0 Å². The van der Waals surface area contributed by atoms with Gasteiger partial charge in [-0.15, -0.1) is 0 Å². The minimum Gasteiger partial charge on any atom is -0.488 e. The fourth-order valence-electron chi connectivity index (χ4n) is 2.27. The van der Waals surface area contributed by atoms with E-state index >= 15 is 0 Å². The largest absolute Gasteiger partial charge is 0.488 e. The molecule has 3 nitrogen and oxygen atoms in total. The zero-order valence-corrected chi connectivity index (χ0v) is 10.4. The van der Waals surface area contributed by atoms with Gasteiger partial charge in [0, 0.05) is 19.5 Å². The van der Waals surface area contributed by atoms with Crippen LogP contribution >= 0.6 is 0 Å². The van der Waals surface area contributed by atoms with E-state index < -0.39 is 12.7 Å². The third-order valence-corrected chi connectivity index (χ3v) is 2.99. The number of aliphatic hydroxyl groups is 1. The maximum atomic E-state index is 12.4. The zero-order chi connectivity index (χ0) is 13.9. The second kappa shape index (κ2) is 5.79. The van der Waals surface area contributed by atoms with E-state index in [4.69, 9.17) is 9.84 Å². The highest BCUT2D eigenvalue weighted by Gasteiger charge is 2.33. The van der Waals surface area contributed by atoms with Crippen LogP contribution in [0.5, 0.6) is 5.75 Å². The molecule has 1 aliphatic rings. The second-order valence-corrected chi connectivity index (χ2v) is 4.63. The molecule has 1 aromatic rings. The molecule has 6 heteroatoms. The molecular formula is C13H16F3NO2. The van der Waals surface area contributed by atoms with E-state index in [9.17, 15) is 13.2 Å². The predicted octanol–water partition coefficient (Wildman–Crippen LogP) is 1.85. The van der Waals surface area contributed by atoms with Gasteiger partial charge in [-0.2, -0.15) is 13.2 Å². The minimum absolute atomic E-state index is 0.00425. The van der Waals surface area contributed by atoms with E-state index in [1.54, 1.807) is 0 Å². The van der Waals surface area contributed by atoms with Gasteiger partial charge < -0.3 is 9.84 Å². The van der Waals surface area contributed by atoms with Crippen LogP contribution in [0.15, 0.2) is 24.3 Å². The lowest BCUT2D eigenvalue weighted by molar-refractivity contribution is -0.148. The first-order valence-corrected chi connectivity index (χ1v) is 6.12. The lowest BCUT2D eigenvalue weighted by Gasteiger charge is -2.25. The molecule has 0 amide bonds. The summed E-state index contributed by atoms with van der Waals surface area (Å²) < 4.78 is 42.8. The van der Waals surface area contributed by atoms with Crippen LogP contribution in [-0.4, -0.2) is 48.5 Å². The summed E-state index contributed by atoms with van der Waals surface area (Å²) in [5.41, 5.74) is 1.02. The fourth-order valence-corrected chi connectivity index (χ4v) is 2.27. The monoisotopic (exact) mass is 275 g/mol. The number of halogens is 3. The highest BCUT2D eigenvalue weighted by molar-refractivity contribution is 5.37.